The first kappa shape index (κ1) is 15.1. The molecule has 1 N–H and O–H groups in total. The van der Waals surface area contributed by atoms with E-state index in [4.69, 9.17) is 5.26 Å². The molecule has 3 aromatic rings. The Morgan fingerprint density at radius 1 is 1.12 bits per heavy atom. The van der Waals surface area contributed by atoms with Gasteiger partial charge in [-0.2, -0.15) is 5.26 Å². The molecule has 0 saturated heterocycles. The first-order valence-electron chi connectivity index (χ1n) is 6.93. The van der Waals surface area contributed by atoms with Crippen LogP contribution in [-0.2, 0) is 0 Å². The standard InChI is InChI=1S/C17H10N4O3/c18-10-11-1-3-12(4-2-11)17(22)20-16-8-5-13-9-14(21(23)24)6-7-15(13)19-16/h1-9H,(H,19,20,22). The number of anilines is 1. The van der Waals surface area contributed by atoms with E-state index in [0.717, 1.165) is 0 Å². The van der Waals surface area contributed by atoms with Gasteiger partial charge >= 0.3 is 0 Å². The van der Waals surface area contributed by atoms with Gasteiger partial charge in [-0.15, -0.1) is 0 Å². The van der Waals surface area contributed by atoms with Gasteiger partial charge in [0.05, 0.1) is 22.1 Å². The smallest absolute Gasteiger partial charge is 0.270 e. The highest BCUT2D eigenvalue weighted by Gasteiger charge is 2.10. The summed E-state index contributed by atoms with van der Waals surface area (Å²) in [5, 5.41) is 22.8. The molecule has 7 heteroatoms. The van der Waals surface area contributed by atoms with E-state index < -0.39 is 4.92 Å². The molecule has 3 rings (SSSR count). The normalized spacial score (nSPS) is 10.1. The van der Waals surface area contributed by atoms with Gasteiger partial charge in [0.15, 0.2) is 0 Å². The number of non-ortho nitro benzene ring substituents is 1. The molecule has 1 heterocycles. The van der Waals surface area contributed by atoms with Crippen LogP contribution in [-0.4, -0.2) is 15.8 Å². The first-order chi connectivity index (χ1) is 11.6. The number of nitrogens with zero attached hydrogens (tertiary/aromatic N) is 3. The van der Waals surface area contributed by atoms with Gasteiger partial charge in [0.25, 0.3) is 11.6 Å². The molecule has 7 nitrogen and oxygen atoms in total. The Bertz CT molecular complexity index is 991. The fraction of sp³-hybridized carbons (Fsp3) is 0. The number of nitriles is 1. The van der Waals surface area contributed by atoms with Crippen molar-refractivity contribution in [3.05, 3.63) is 75.8 Å². The van der Waals surface area contributed by atoms with Crippen LogP contribution in [0.1, 0.15) is 15.9 Å². The van der Waals surface area contributed by atoms with Crippen LogP contribution in [0, 0.1) is 21.4 Å². The lowest BCUT2D eigenvalue weighted by Gasteiger charge is -2.06. The molecule has 0 aliphatic heterocycles. The summed E-state index contributed by atoms with van der Waals surface area (Å²) in [5.74, 6) is -0.0148. The lowest BCUT2D eigenvalue weighted by molar-refractivity contribution is -0.384. The molecular formula is C17H10N4O3. The summed E-state index contributed by atoms with van der Waals surface area (Å²) in [6.07, 6.45) is 0. The number of nitro groups is 1. The van der Waals surface area contributed by atoms with E-state index in [1.54, 1.807) is 36.4 Å². The monoisotopic (exact) mass is 318 g/mol. The minimum Gasteiger partial charge on any atom is -0.307 e. The van der Waals surface area contributed by atoms with Crippen molar-refractivity contribution in [2.75, 3.05) is 5.32 Å². The second-order valence-electron chi connectivity index (χ2n) is 4.97. The van der Waals surface area contributed by atoms with Crippen molar-refractivity contribution in [2.24, 2.45) is 0 Å². The summed E-state index contributed by atoms with van der Waals surface area (Å²) in [6.45, 7) is 0. The van der Waals surface area contributed by atoms with E-state index in [9.17, 15) is 14.9 Å². The largest absolute Gasteiger partial charge is 0.307 e. The number of fused-ring (bicyclic) bond motifs is 1. The topological polar surface area (TPSA) is 109 Å². The number of hydrogen-bond acceptors (Lipinski definition) is 5. The van der Waals surface area contributed by atoms with Crippen molar-refractivity contribution in [3.8, 4) is 6.07 Å². The zero-order chi connectivity index (χ0) is 17.1. The van der Waals surface area contributed by atoms with Crippen LogP contribution in [0.3, 0.4) is 0 Å². The predicted octanol–water partition coefficient (Wildman–Crippen LogP) is 3.27. The van der Waals surface area contributed by atoms with E-state index in [0.29, 0.717) is 27.8 Å². The summed E-state index contributed by atoms with van der Waals surface area (Å²) in [7, 11) is 0. The second-order valence-corrected chi connectivity index (χ2v) is 4.97. The average molecular weight is 318 g/mol. The second kappa shape index (κ2) is 6.14. The highest BCUT2D eigenvalue weighted by atomic mass is 16.6. The molecule has 0 unspecified atom stereocenters. The van der Waals surface area contributed by atoms with Crippen molar-refractivity contribution >= 4 is 28.3 Å². The zero-order valence-electron chi connectivity index (χ0n) is 12.3. The van der Waals surface area contributed by atoms with Gasteiger partial charge < -0.3 is 5.32 Å². The van der Waals surface area contributed by atoms with Crippen molar-refractivity contribution in [3.63, 3.8) is 0 Å². The van der Waals surface area contributed by atoms with Gasteiger partial charge in [0.2, 0.25) is 0 Å². The fourth-order valence-electron chi connectivity index (χ4n) is 2.18. The number of amides is 1. The van der Waals surface area contributed by atoms with Crippen molar-refractivity contribution in [2.45, 2.75) is 0 Å². The van der Waals surface area contributed by atoms with E-state index in [-0.39, 0.29) is 11.6 Å². The molecule has 0 bridgehead atoms. The molecule has 0 spiro atoms. The number of nitrogens with one attached hydrogen (secondary N) is 1. The SMILES string of the molecule is N#Cc1ccc(C(=O)Nc2ccc3cc([N+](=O)[O-])ccc3n2)cc1. The summed E-state index contributed by atoms with van der Waals surface area (Å²) >= 11 is 0. The quantitative estimate of drug-likeness (QED) is 0.589. The Balaban J connectivity index is 1.84. The third-order valence-corrected chi connectivity index (χ3v) is 3.40. The molecule has 24 heavy (non-hydrogen) atoms. The fourth-order valence-corrected chi connectivity index (χ4v) is 2.18. The van der Waals surface area contributed by atoms with Crippen LogP contribution in [0.4, 0.5) is 11.5 Å². The molecule has 1 aromatic heterocycles. The van der Waals surface area contributed by atoms with Gasteiger partial charge in [-0.05, 0) is 42.5 Å². The summed E-state index contributed by atoms with van der Waals surface area (Å²) in [6, 6.07) is 15.8. The number of carbonyl (C=O) groups is 1. The minimum absolute atomic E-state index is 0.0151. The molecule has 0 aliphatic rings. The molecule has 0 saturated carbocycles. The average Bonchev–Trinajstić information content (AvgIpc) is 2.61. The van der Waals surface area contributed by atoms with E-state index in [1.165, 1.54) is 18.2 Å². The number of aromatic nitrogens is 1. The lowest BCUT2D eigenvalue weighted by Crippen LogP contribution is -2.12. The highest BCUT2D eigenvalue weighted by molar-refractivity contribution is 6.04. The van der Waals surface area contributed by atoms with Gasteiger partial charge in [-0.3, -0.25) is 14.9 Å². The minimum atomic E-state index is -0.472. The number of pyridine rings is 1. The molecule has 0 atom stereocenters. The third-order valence-electron chi connectivity index (χ3n) is 3.40. The van der Waals surface area contributed by atoms with E-state index in [2.05, 4.69) is 10.3 Å². The van der Waals surface area contributed by atoms with Crippen molar-refractivity contribution in [1.82, 2.24) is 4.98 Å². The molecule has 1 amide bonds. The Kier molecular flexibility index (Phi) is 3.87. The van der Waals surface area contributed by atoms with Crippen LogP contribution in [0.15, 0.2) is 54.6 Å². The van der Waals surface area contributed by atoms with Crippen LogP contribution in [0.25, 0.3) is 10.9 Å². The number of nitro benzene ring substituents is 1. The van der Waals surface area contributed by atoms with Gasteiger partial charge in [0, 0.05) is 23.1 Å². The van der Waals surface area contributed by atoms with Crippen LogP contribution in [0.5, 0.6) is 0 Å². The molecule has 0 fully saturated rings. The first-order valence-corrected chi connectivity index (χ1v) is 6.93. The Labute approximate surface area is 136 Å². The molecular weight excluding hydrogens is 308 g/mol. The molecule has 116 valence electrons. The predicted molar refractivity (Wildman–Crippen MR) is 87.5 cm³/mol. The van der Waals surface area contributed by atoms with Gasteiger partial charge in [-0.1, -0.05) is 0 Å². The van der Waals surface area contributed by atoms with Crippen molar-refractivity contribution < 1.29 is 9.72 Å². The van der Waals surface area contributed by atoms with Crippen LogP contribution >= 0.6 is 0 Å². The summed E-state index contributed by atoms with van der Waals surface area (Å²) in [5.41, 5.74) is 1.40. The van der Waals surface area contributed by atoms with Crippen LogP contribution < -0.4 is 5.32 Å². The Hall–Kier alpha value is -3.79. The number of carbonyl (C=O) groups excluding carboxylic acids is 1. The van der Waals surface area contributed by atoms with E-state index >= 15 is 0 Å². The molecule has 0 radical (unpaired) electrons. The number of rotatable bonds is 3. The number of benzene rings is 2. The maximum atomic E-state index is 12.2. The van der Waals surface area contributed by atoms with Crippen LogP contribution in [0.2, 0.25) is 0 Å². The summed E-state index contributed by atoms with van der Waals surface area (Å²) < 4.78 is 0. The third kappa shape index (κ3) is 3.03. The Morgan fingerprint density at radius 3 is 2.54 bits per heavy atom. The maximum Gasteiger partial charge on any atom is 0.270 e. The van der Waals surface area contributed by atoms with E-state index in [1.807, 2.05) is 6.07 Å². The van der Waals surface area contributed by atoms with Gasteiger partial charge in [-0.25, -0.2) is 4.98 Å². The number of hydrogen-bond donors (Lipinski definition) is 1. The molecule has 2 aromatic carbocycles. The van der Waals surface area contributed by atoms with Crippen molar-refractivity contribution in [1.29, 1.82) is 5.26 Å². The lowest BCUT2D eigenvalue weighted by atomic mass is 10.1. The molecule has 0 aliphatic carbocycles. The highest BCUT2D eigenvalue weighted by Crippen LogP contribution is 2.21. The zero-order valence-corrected chi connectivity index (χ0v) is 12.3. The summed E-state index contributed by atoms with van der Waals surface area (Å²) in [4.78, 5) is 26.7. The van der Waals surface area contributed by atoms with Gasteiger partial charge in [0.1, 0.15) is 5.82 Å². The maximum absolute atomic E-state index is 12.2. The Morgan fingerprint density at radius 2 is 1.88 bits per heavy atom.